The Morgan fingerprint density at radius 2 is 2.21 bits per heavy atom. The quantitative estimate of drug-likeness (QED) is 0.335. The van der Waals surface area contributed by atoms with Gasteiger partial charge in [0, 0.05) is 25.7 Å². The average molecular weight is 533 g/mol. The SMILES string of the molecule is CCNC(=NCc1coc(-c2cccs2)n1)NC1CCN(C(=O)OCC)CC1.I. The Balaban J connectivity index is 0.00000300. The van der Waals surface area contributed by atoms with Crippen LogP contribution in [0.1, 0.15) is 32.4 Å². The van der Waals surface area contributed by atoms with Crippen LogP contribution in [0.4, 0.5) is 4.79 Å². The molecule has 1 aliphatic heterocycles. The summed E-state index contributed by atoms with van der Waals surface area (Å²) in [5.41, 5.74) is 0.790. The zero-order chi connectivity index (χ0) is 19.8. The summed E-state index contributed by atoms with van der Waals surface area (Å²) in [6.07, 6.45) is 3.14. The molecule has 1 fully saturated rings. The van der Waals surface area contributed by atoms with Gasteiger partial charge in [-0.3, -0.25) is 0 Å². The second kappa shape index (κ2) is 12.0. The fraction of sp³-hybridized carbons (Fsp3) is 0.526. The molecule has 10 heteroatoms. The lowest BCUT2D eigenvalue weighted by molar-refractivity contribution is 0.0963. The summed E-state index contributed by atoms with van der Waals surface area (Å²) >= 11 is 1.60. The molecular formula is C19H28IN5O3S. The number of aliphatic imine (C=N–C) groups is 1. The van der Waals surface area contributed by atoms with Crippen molar-refractivity contribution in [2.75, 3.05) is 26.2 Å². The lowest BCUT2D eigenvalue weighted by Gasteiger charge is -2.32. The topological polar surface area (TPSA) is 92.0 Å². The Morgan fingerprint density at radius 1 is 1.41 bits per heavy atom. The van der Waals surface area contributed by atoms with E-state index in [0.717, 1.165) is 35.9 Å². The van der Waals surface area contributed by atoms with Crippen LogP contribution in [0, 0.1) is 0 Å². The van der Waals surface area contributed by atoms with Gasteiger partial charge in [-0.2, -0.15) is 0 Å². The first-order valence-electron chi connectivity index (χ1n) is 9.64. The van der Waals surface area contributed by atoms with Gasteiger partial charge in [0.2, 0.25) is 5.89 Å². The lowest BCUT2D eigenvalue weighted by Crippen LogP contribution is -2.49. The zero-order valence-corrected chi connectivity index (χ0v) is 19.9. The number of hydrogen-bond donors (Lipinski definition) is 2. The van der Waals surface area contributed by atoms with E-state index in [1.807, 2.05) is 31.4 Å². The van der Waals surface area contributed by atoms with Crippen molar-refractivity contribution < 1.29 is 13.9 Å². The summed E-state index contributed by atoms with van der Waals surface area (Å²) in [6.45, 7) is 6.84. The number of likely N-dealkylation sites (tertiary alicyclic amines) is 1. The molecule has 2 aromatic rings. The van der Waals surface area contributed by atoms with Crippen molar-refractivity contribution >= 4 is 47.4 Å². The van der Waals surface area contributed by atoms with Crippen LogP contribution in [0.15, 0.2) is 33.2 Å². The number of ether oxygens (including phenoxy) is 1. The maximum absolute atomic E-state index is 11.8. The number of aromatic nitrogens is 1. The third-order valence-electron chi connectivity index (χ3n) is 4.39. The second-order valence-corrected chi connectivity index (χ2v) is 7.37. The zero-order valence-electron chi connectivity index (χ0n) is 16.7. The van der Waals surface area contributed by atoms with Crippen molar-refractivity contribution in [2.24, 2.45) is 4.99 Å². The molecule has 2 N–H and O–H groups in total. The molecule has 0 aliphatic carbocycles. The van der Waals surface area contributed by atoms with Crippen molar-refractivity contribution in [3.05, 3.63) is 29.5 Å². The van der Waals surface area contributed by atoms with E-state index in [1.165, 1.54) is 0 Å². The van der Waals surface area contributed by atoms with Gasteiger partial charge in [-0.25, -0.2) is 14.8 Å². The molecule has 0 unspecified atom stereocenters. The highest BCUT2D eigenvalue weighted by atomic mass is 127. The van der Waals surface area contributed by atoms with Crippen LogP contribution >= 0.6 is 35.3 Å². The van der Waals surface area contributed by atoms with Crippen LogP contribution in [-0.4, -0.2) is 54.2 Å². The Labute approximate surface area is 192 Å². The Bertz CT molecular complexity index is 773. The van der Waals surface area contributed by atoms with Gasteiger partial charge in [-0.05, 0) is 38.1 Å². The van der Waals surface area contributed by atoms with Crippen molar-refractivity contribution in [3.63, 3.8) is 0 Å². The number of thiophene rings is 1. The number of piperidine rings is 1. The largest absolute Gasteiger partial charge is 0.450 e. The highest BCUT2D eigenvalue weighted by Crippen LogP contribution is 2.23. The predicted octanol–water partition coefficient (Wildman–Crippen LogP) is 3.70. The molecule has 0 spiro atoms. The number of guanidine groups is 1. The molecule has 29 heavy (non-hydrogen) atoms. The molecule has 2 aromatic heterocycles. The first-order chi connectivity index (χ1) is 13.7. The number of hydrogen-bond acceptors (Lipinski definition) is 6. The predicted molar refractivity (Wildman–Crippen MR) is 125 cm³/mol. The molecule has 1 saturated heterocycles. The van der Waals surface area contributed by atoms with Crippen LogP contribution < -0.4 is 10.6 Å². The third kappa shape index (κ3) is 6.88. The average Bonchev–Trinajstić information content (AvgIpc) is 3.39. The van der Waals surface area contributed by atoms with Gasteiger partial charge in [-0.1, -0.05) is 6.07 Å². The van der Waals surface area contributed by atoms with Gasteiger partial charge in [-0.15, -0.1) is 35.3 Å². The maximum atomic E-state index is 11.8. The minimum Gasteiger partial charge on any atom is -0.450 e. The fourth-order valence-electron chi connectivity index (χ4n) is 2.99. The van der Waals surface area contributed by atoms with E-state index in [2.05, 4.69) is 20.6 Å². The highest BCUT2D eigenvalue weighted by molar-refractivity contribution is 14.0. The van der Waals surface area contributed by atoms with Gasteiger partial charge >= 0.3 is 6.09 Å². The number of carbonyl (C=O) groups is 1. The maximum Gasteiger partial charge on any atom is 0.409 e. The van der Waals surface area contributed by atoms with Crippen molar-refractivity contribution in [2.45, 2.75) is 39.3 Å². The van der Waals surface area contributed by atoms with Gasteiger partial charge in [0.1, 0.15) is 12.0 Å². The molecule has 8 nitrogen and oxygen atoms in total. The number of halogens is 1. The molecule has 0 atom stereocenters. The molecule has 0 saturated carbocycles. The van der Waals surface area contributed by atoms with Crippen LogP contribution in [0.25, 0.3) is 10.8 Å². The first kappa shape index (κ1) is 23.5. The summed E-state index contributed by atoms with van der Waals surface area (Å²) in [7, 11) is 0. The standard InChI is InChI=1S/C19H27N5O3S.HI/c1-3-20-18(23-14-7-9-24(10-8-14)19(25)26-4-2)21-12-15-13-27-17(22-15)16-6-5-11-28-16;/h5-6,11,13-14H,3-4,7-10,12H2,1-2H3,(H2,20,21,23);1H. The number of nitrogens with zero attached hydrogens (tertiary/aromatic N) is 3. The molecule has 1 amide bonds. The van der Waals surface area contributed by atoms with E-state index in [9.17, 15) is 4.79 Å². The molecule has 160 valence electrons. The minimum absolute atomic E-state index is 0. The fourth-order valence-corrected chi connectivity index (χ4v) is 3.64. The minimum atomic E-state index is -0.228. The van der Waals surface area contributed by atoms with E-state index in [1.54, 1.807) is 22.5 Å². The van der Waals surface area contributed by atoms with E-state index < -0.39 is 0 Å². The second-order valence-electron chi connectivity index (χ2n) is 6.42. The van der Waals surface area contributed by atoms with E-state index >= 15 is 0 Å². The molecule has 0 aromatic carbocycles. The van der Waals surface area contributed by atoms with Crippen LogP contribution in [0.3, 0.4) is 0 Å². The molecule has 0 radical (unpaired) electrons. The molecule has 3 rings (SSSR count). The number of amides is 1. The Morgan fingerprint density at radius 3 is 2.86 bits per heavy atom. The Hall–Kier alpha value is -1.82. The summed E-state index contributed by atoms with van der Waals surface area (Å²) in [6, 6.07) is 4.22. The van der Waals surface area contributed by atoms with E-state index in [4.69, 9.17) is 9.15 Å². The number of oxazole rings is 1. The smallest absolute Gasteiger partial charge is 0.409 e. The number of rotatable bonds is 6. The van der Waals surface area contributed by atoms with Gasteiger partial charge < -0.3 is 24.7 Å². The molecule has 3 heterocycles. The van der Waals surface area contributed by atoms with E-state index in [0.29, 0.717) is 32.1 Å². The van der Waals surface area contributed by atoms with Crippen LogP contribution in [-0.2, 0) is 11.3 Å². The van der Waals surface area contributed by atoms with Crippen LogP contribution in [0.2, 0.25) is 0 Å². The van der Waals surface area contributed by atoms with Crippen molar-refractivity contribution in [3.8, 4) is 10.8 Å². The lowest BCUT2D eigenvalue weighted by atomic mass is 10.1. The van der Waals surface area contributed by atoms with Gasteiger partial charge in [0.25, 0.3) is 0 Å². The number of carbonyl (C=O) groups excluding carboxylic acids is 1. The molecular weight excluding hydrogens is 505 g/mol. The molecule has 1 aliphatic rings. The normalized spacial score (nSPS) is 15.0. The number of nitrogens with one attached hydrogen (secondary N) is 2. The van der Waals surface area contributed by atoms with Gasteiger partial charge in [0.15, 0.2) is 5.96 Å². The monoisotopic (exact) mass is 533 g/mol. The Kier molecular flexibility index (Phi) is 9.71. The van der Waals surface area contributed by atoms with Gasteiger partial charge in [0.05, 0.1) is 18.0 Å². The highest BCUT2D eigenvalue weighted by Gasteiger charge is 2.24. The molecule has 0 bridgehead atoms. The van der Waals surface area contributed by atoms with Crippen molar-refractivity contribution in [1.82, 2.24) is 20.5 Å². The van der Waals surface area contributed by atoms with Crippen LogP contribution in [0.5, 0.6) is 0 Å². The summed E-state index contributed by atoms with van der Waals surface area (Å²) < 4.78 is 10.6. The summed E-state index contributed by atoms with van der Waals surface area (Å²) in [5.74, 6) is 1.38. The first-order valence-corrected chi connectivity index (χ1v) is 10.5. The van der Waals surface area contributed by atoms with Crippen molar-refractivity contribution in [1.29, 1.82) is 0 Å². The van der Waals surface area contributed by atoms with E-state index in [-0.39, 0.29) is 36.1 Å². The summed E-state index contributed by atoms with van der Waals surface area (Å²) in [5, 5.41) is 8.72. The third-order valence-corrected chi connectivity index (χ3v) is 5.25. The summed E-state index contributed by atoms with van der Waals surface area (Å²) in [4.78, 5) is 23.7.